The van der Waals surface area contributed by atoms with E-state index in [1.807, 2.05) is 24.3 Å². The van der Waals surface area contributed by atoms with Crippen molar-refractivity contribution in [1.82, 2.24) is 10.2 Å². The van der Waals surface area contributed by atoms with Crippen molar-refractivity contribution in [2.45, 2.75) is 12.5 Å². The van der Waals surface area contributed by atoms with E-state index in [-0.39, 0.29) is 17.9 Å². The van der Waals surface area contributed by atoms with Gasteiger partial charge in [0.15, 0.2) is 0 Å². The van der Waals surface area contributed by atoms with Crippen molar-refractivity contribution in [2.75, 3.05) is 39.2 Å². The lowest BCUT2D eigenvalue weighted by Gasteiger charge is -2.23. The summed E-state index contributed by atoms with van der Waals surface area (Å²) < 4.78 is 6.39. The molecular formula is C17H21N3O3S. The van der Waals surface area contributed by atoms with Crippen LogP contribution >= 0.6 is 11.3 Å². The maximum atomic E-state index is 12.2. The fourth-order valence-corrected chi connectivity index (χ4v) is 3.70. The summed E-state index contributed by atoms with van der Waals surface area (Å²) in [4.78, 5) is 26.5. The number of benzene rings is 1. The van der Waals surface area contributed by atoms with E-state index in [1.54, 1.807) is 19.0 Å². The van der Waals surface area contributed by atoms with Gasteiger partial charge in [0.05, 0.1) is 18.1 Å². The van der Waals surface area contributed by atoms with Gasteiger partial charge in [-0.3, -0.25) is 9.59 Å². The van der Waals surface area contributed by atoms with E-state index < -0.39 is 0 Å². The first-order valence-corrected chi connectivity index (χ1v) is 8.71. The summed E-state index contributed by atoms with van der Waals surface area (Å²) >= 11 is 1.46. The predicted octanol–water partition coefficient (Wildman–Crippen LogP) is 1.92. The number of nitrogens with zero attached hydrogens (tertiary/aromatic N) is 1. The number of fused-ring (bicyclic) bond motifs is 1. The van der Waals surface area contributed by atoms with Gasteiger partial charge in [0.2, 0.25) is 5.91 Å². The highest BCUT2D eigenvalue weighted by atomic mass is 32.1. The molecule has 0 bridgehead atoms. The van der Waals surface area contributed by atoms with Crippen LogP contribution in [0.5, 0.6) is 0 Å². The highest BCUT2D eigenvalue weighted by molar-refractivity contribution is 7.20. The van der Waals surface area contributed by atoms with E-state index >= 15 is 0 Å². The topological polar surface area (TPSA) is 70.7 Å². The lowest BCUT2D eigenvalue weighted by atomic mass is 10.1. The summed E-state index contributed by atoms with van der Waals surface area (Å²) in [6.45, 7) is 2.04. The first-order chi connectivity index (χ1) is 11.5. The molecule has 1 saturated heterocycles. The fourth-order valence-electron chi connectivity index (χ4n) is 2.63. The highest BCUT2D eigenvalue weighted by Crippen LogP contribution is 2.28. The van der Waals surface area contributed by atoms with Gasteiger partial charge in [-0.15, -0.1) is 11.3 Å². The van der Waals surface area contributed by atoms with Crippen molar-refractivity contribution in [1.29, 1.82) is 0 Å². The van der Waals surface area contributed by atoms with Crippen LogP contribution in [-0.4, -0.2) is 56.6 Å². The van der Waals surface area contributed by atoms with Crippen LogP contribution in [0.25, 0.3) is 10.1 Å². The minimum atomic E-state index is -0.0443. The number of hydrogen-bond donors (Lipinski definition) is 2. The van der Waals surface area contributed by atoms with Crippen LogP contribution in [0.15, 0.2) is 24.3 Å². The SMILES string of the molecule is CN(C)C(=O)c1cc2cc(NC(=O)C[C@H]3COCCN3)ccc2s1. The monoisotopic (exact) mass is 347 g/mol. The second-order valence-electron chi connectivity index (χ2n) is 6.04. The molecule has 1 aliphatic heterocycles. The second-order valence-corrected chi connectivity index (χ2v) is 7.12. The maximum absolute atomic E-state index is 12.2. The lowest BCUT2D eigenvalue weighted by molar-refractivity contribution is -0.117. The molecule has 0 unspecified atom stereocenters. The minimum Gasteiger partial charge on any atom is -0.378 e. The van der Waals surface area contributed by atoms with Crippen LogP contribution in [0.2, 0.25) is 0 Å². The highest BCUT2D eigenvalue weighted by Gasteiger charge is 2.17. The molecule has 128 valence electrons. The van der Waals surface area contributed by atoms with Gasteiger partial charge in [0, 0.05) is 43.5 Å². The molecule has 1 atom stereocenters. The summed E-state index contributed by atoms with van der Waals surface area (Å²) in [6, 6.07) is 7.64. The first kappa shape index (κ1) is 16.9. The number of hydrogen-bond acceptors (Lipinski definition) is 5. The Bertz CT molecular complexity index is 751. The van der Waals surface area contributed by atoms with Crippen molar-refractivity contribution in [3.8, 4) is 0 Å². The molecule has 2 amide bonds. The van der Waals surface area contributed by atoms with Gasteiger partial charge in [-0.2, -0.15) is 0 Å². The van der Waals surface area contributed by atoms with Crippen LogP contribution in [0.3, 0.4) is 0 Å². The smallest absolute Gasteiger partial charge is 0.263 e. The summed E-state index contributed by atoms with van der Waals surface area (Å²) in [5.41, 5.74) is 0.742. The maximum Gasteiger partial charge on any atom is 0.263 e. The molecule has 0 radical (unpaired) electrons. The number of carbonyl (C=O) groups is 2. The zero-order valence-corrected chi connectivity index (χ0v) is 14.6. The van der Waals surface area contributed by atoms with E-state index in [1.165, 1.54) is 11.3 Å². The molecule has 0 saturated carbocycles. The third-order valence-electron chi connectivity index (χ3n) is 3.85. The molecule has 0 spiro atoms. The van der Waals surface area contributed by atoms with Gasteiger partial charge in [-0.25, -0.2) is 0 Å². The third kappa shape index (κ3) is 3.92. The number of morpholine rings is 1. The minimum absolute atomic E-state index is 0.00911. The fraction of sp³-hybridized carbons (Fsp3) is 0.412. The van der Waals surface area contributed by atoms with Gasteiger partial charge in [0.1, 0.15) is 0 Å². The van der Waals surface area contributed by atoms with Crippen molar-refractivity contribution >= 4 is 38.9 Å². The summed E-state index contributed by atoms with van der Waals surface area (Å²) in [5, 5.41) is 7.14. The number of anilines is 1. The molecule has 1 aliphatic rings. The van der Waals surface area contributed by atoms with Gasteiger partial charge in [0.25, 0.3) is 5.91 Å². The molecule has 0 aliphatic carbocycles. The molecule has 2 aromatic rings. The Balaban J connectivity index is 1.68. The second kappa shape index (κ2) is 7.29. The summed E-state index contributed by atoms with van der Waals surface area (Å²) in [6.07, 6.45) is 0.381. The summed E-state index contributed by atoms with van der Waals surface area (Å²) in [7, 11) is 3.47. The zero-order chi connectivity index (χ0) is 17.1. The molecule has 1 fully saturated rings. The van der Waals surface area contributed by atoms with Crippen LogP contribution in [0.1, 0.15) is 16.1 Å². The van der Waals surface area contributed by atoms with Crippen LogP contribution in [-0.2, 0) is 9.53 Å². The van der Waals surface area contributed by atoms with E-state index in [2.05, 4.69) is 10.6 Å². The molecule has 2 N–H and O–H groups in total. The average Bonchev–Trinajstić information content (AvgIpc) is 2.98. The standard InChI is InChI=1S/C17H21N3O3S/c1-20(2)17(22)15-8-11-7-12(3-4-14(11)24-15)19-16(21)9-13-10-23-6-5-18-13/h3-4,7-8,13,18H,5-6,9-10H2,1-2H3,(H,19,21)/t13-/m0/s1. The molecule has 24 heavy (non-hydrogen) atoms. The Morgan fingerprint density at radius 1 is 1.38 bits per heavy atom. The van der Waals surface area contributed by atoms with Crippen molar-refractivity contribution in [3.05, 3.63) is 29.1 Å². The lowest BCUT2D eigenvalue weighted by Crippen LogP contribution is -2.43. The molecule has 6 nitrogen and oxygen atoms in total. The predicted molar refractivity (Wildman–Crippen MR) is 95.7 cm³/mol. The quantitative estimate of drug-likeness (QED) is 0.886. The first-order valence-electron chi connectivity index (χ1n) is 7.89. The molecule has 1 aromatic carbocycles. The van der Waals surface area contributed by atoms with E-state index in [4.69, 9.17) is 4.74 Å². The molecular weight excluding hydrogens is 326 g/mol. The van der Waals surface area contributed by atoms with Gasteiger partial charge in [-0.05, 0) is 29.7 Å². The van der Waals surface area contributed by atoms with Crippen molar-refractivity contribution in [3.63, 3.8) is 0 Å². The Morgan fingerprint density at radius 3 is 2.92 bits per heavy atom. The molecule has 3 rings (SSSR count). The number of ether oxygens (including phenoxy) is 1. The molecule has 1 aromatic heterocycles. The Morgan fingerprint density at radius 2 is 2.21 bits per heavy atom. The van der Waals surface area contributed by atoms with E-state index in [0.29, 0.717) is 24.5 Å². The normalized spacial score (nSPS) is 17.7. The number of rotatable bonds is 4. The molecule has 2 heterocycles. The Hall–Kier alpha value is -1.96. The number of thiophene rings is 1. The van der Waals surface area contributed by atoms with Crippen LogP contribution in [0, 0.1) is 0 Å². The average molecular weight is 347 g/mol. The van der Waals surface area contributed by atoms with E-state index in [0.717, 1.165) is 22.3 Å². The third-order valence-corrected chi connectivity index (χ3v) is 4.95. The van der Waals surface area contributed by atoms with E-state index in [9.17, 15) is 9.59 Å². The Labute approximate surface area is 144 Å². The van der Waals surface area contributed by atoms with Crippen LogP contribution < -0.4 is 10.6 Å². The number of nitrogens with one attached hydrogen (secondary N) is 2. The zero-order valence-electron chi connectivity index (χ0n) is 13.8. The van der Waals surface area contributed by atoms with Gasteiger partial charge in [-0.1, -0.05) is 0 Å². The largest absolute Gasteiger partial charge is 0.378 e. The number of amides is 2. The Kier molecular flexibility index (Phi) is 5.13. The van der Waals surface area contributed by atoms with Crippen molar-refractivity contribution in [2.24, 2.45) is 0 Å². The molecule has 7 heteroatoms. The van der Waals surface area contributed by atoms with Gasteiger partial charge >= 0.3 is 0 Å². The van der Waals surface area contributed by atoms with Gasteiger partial charge < -0.3 is 20.3 Å². The summed E-state index contributed by atoms with van der Waals surface area (Å²) in [5.74, 6) is -0.0534. The van der Waals surface area contributed by atoms with Crippen molar-refractivity contribution < 1.29 is 14.3 Å². The number of carbonyl (C=O) groups excluding carboxylic acids is 2. The van der Waals surface area contributed by atoms with Crippen LogP contribution in [0.4, 0.5) is 5.69 Å².